The first kappa shape index (κ1) is 12.8. The van der Waals surface area contributed by atoms with Crippen molar-refractivity contribution in [1.82, 2.24) is 0 Å². The molecule has 98 valence electrons. The van der Waals surface area contributed by atoms with Crippen LogP contribution in [0.3, 0.4) is 0 Å². The van der Waals surface area contributed by atoms with E-state index in [1.807, 2.05) is 0 Å². The minimum absolute atomic E-state index is 0.161. The van der Waals surface area contributed by atoms with Gasteiger partial charge in [0, 0.05) is 17.5 Å². The molecule has 1 aromatic carbocycles. The van der Waals surface area contributed by atoms with Crippen LogP contribution in [0.4, 0.5) is 17.6 Å². The van der Waals surface area contributed by atoms with Crippen molar-refractivity contribution in [2.75, 3.05) is 6.54 Å². The molecule has 1 fully saturated rings. The molecule has 0 radical (unpaired) electrons. The number of hydrogen-bond donors (Lipinski definition) is 2. The number of carboxylic acid groups (broad SMARTS) is 1. The molecule has 0 unspecified atom stereocenters. The molecular formula is C11H9F4NO2. The molecule has 0 atom stereocenters. The first-order chi connectivity index (χ1) is 8.35. The number of carbonyl (C=O) groups is 1. The predicted octanol–water partition coefficient (Wildman–Crippen LogP) is 1.93. The number of halogens is 4. The number of rotatable bonds is 3. The smallest absolute Gasteiger partial charge is 0.341 e. The lowest BCUT2D eigenvalue weighted by atomic mass is 9.93. The van der Waals surface area contributed by atoms with Crippen molar-refractivity contribution >= 4 is 5.97 Å². The molecule has 3 N–H and O–H groups in total. The maximum Gasteiger partial charge on any atom is 0.341 e. The van der Waals surface area contributed by atoms with Gasteiger partial charge in [-0.3, -0.25) is 0 Å². The molecule has 0 saturated heterocycles. The van der Waals surface area contributed by atoms with Crippen LogP contribution in [0, 0.1) is 23.3 Å². The Labute approximate surface area is 99.2 Å². The molecule has 7 heteroatoms. The summed E-state index contributed by atoms with van der Waals surface area (Å²) in [7, 11) is 0. The lowest BCUT2D eigenvalue weighted by Gasteiger charge is -2.17. The van der Waals surface area contributed by atoms with Gasteiger partial charge in [0.1, 0.15) is 5.56 Å². The molecule has 2 rings (SSSR count). The summed E-state index contributed by atoms with van der Waals surface area (Å²) in [6.07, 6.45) is 0.616. The number of hydrogen-bond acceptors (Lipinski definition) is 2. The Morgan fingerprint density at radius 2 is 1.56 bits per heavy atom. The first-order valence-electron chi connectivity index (χ1n) is 5.15. The van der Waals surface area contributed by atoms with Gasteiger partial charge in [0.15, 0.2) is 23.3 Å². The minimum Gasteiger partial charge on any atom is -0.477 e. The lowest BCUT2D eigenvalue weighted by molar-refractivity contribution is 0.0683. The summed E-state index contributed by atoms with van der Waals surface area (Å²) in [6.45, 7) is -0.161. The summed E-state index contributed by atoms with van der Waals surface area (Å²) in [5, 5.41) is 8.52. The second-order valence-electron chi connectivity index (χ2n) is 4.30. The summed E-state index contributed by atoms with van der Waals surface area (Å²) in [5.41, 5.74) is 1.81. The molecule has 0 spiro atoms. The molecule has 0 amide bonds. The third-order valence-electron chi connectivity index (χ3n) is 3.25. The van der Waals surface area contributed by atoms with E-state index in [1.54, 1.807) is 0 Å². The van der Waals surface area contributed by atoms with E-state index in [0.29, 0.717) is 12.8 Å². The highest BCUT2D eigenvalue weighted by Crippen LogP contribution is 2.50. The second-order valence-corrected chi connectivity index (χ2v) is 4.30. The highest BCUT2D eigenvalue weighted by Gasteiger charge is 2.49. The van der Waals surface area contributed by atoms with Gasteiger partial charge in [-0.25, -0.2) is 22.4 Å². The largest absolute Gasteiger partial charge is 0.477 e. The van der Waals surface area contributed by atoms with E-state index in [2.05, 4.69) is 0 Å². The average Bonchev–Trinajstić information content (AvgIpc) is 3.08. The highest BCUT2D eigenvalue weighted by molar-refractivity contribution is 5.88. The fraction of sp³-hybridized carbons (Fsp3) is 0.364. The second kappa shape index (κ2) is 3.94. The van der Waals surface area contributed by atoms with E-state index in [-0.39, 0.29) is 6.54 Å². The van der Waals surface area contributed by atoms with Gasteiger partial charge >= 0.3 is 5.97 Å². The molecule has 18 heavy (non-hydrogen) atoms. The van der Waals surface area contributed by atoms with Crippen molar-refractivity contribution in [2.45, 2.75) is 18.3 Å². The van der Waals surface area contributed by atoms with Gasteiger partial charge in [-0.2, -0.15) is 0 Å². The number of aromatic carboxylic acids is 1. The van der Waals surface area contributed by atoms with Crippen LogP contribution in [0.25, 0.3) is 0 Å². The predicted molar refractivity (Wildman–Crippen MR) is 53.2 cm³/mol. The fourth-order valence-corrected chi connectivity index (χ4v) is 1.99. The molecule has 0 bridgehead atoms. The Bertz CT molecular complexity index is 511. The average molecular weight is 263 g/mol. The Hall–Kier alpha value is -1.63. The summed E-state index contributed by atoms with van der Waals surface area (Å²) >= 11 is 0. The third kappa shape index (κ3) is 1.58. The topological polar surface area (TPSA) is 63.3 Å². The summed E-state index contributed by atoms with van der Waals surface area (Å²) in [5.74, 6) is -9.19. The van der Waals surface area contributed by atoms with Crippen LogP contribution < -0.4 is 5.73 Å². The fourth-order valence-electron chi connectivity index (χ4n) is 1.99. The van der Waals surface area contributed by atoms with Crippen molar-refractivity contribution in [3.8, 4) is 0 Å². The zero-order valence-corrected chi connectivity index (χ0v) is 9.07. The maximum absolute atomic E-state index is 13.7. The molecule has 1 aromatic rings. The molecule has 3 nitrogen and oxygen atoms in total. The minimum atomic E-state index is -2.06. The normalized spacial score (nSPS) is 16.7. The Kier molecular flexibility index (Phi) is 2.81. The van der Waals surface area contributed by atoms with Crippen LogP contribution in [0.1, 0.15) is 28.8 Å². The molecule has 0 aromatic heterocycles. The molecule has 0 aliphatic heterocycles. The zero-order valence-electron chi connectivity index (χ0n) is 9.07. The van der Waals surface area contributed by atoms with Gasteiger partial charge in [0.2, 0.25) is 0 Å². The van der Waals surface area contributed by atoms with Crippen LogP contribution in [-0.4, -0.2) is 17.6 Å². The van der Waals surface area contributed by atoms with Crippen molar-refractivity contribution < 1.29 is 27.5 Å². The monoisotopic (exact) mass is 263 g/mol. The SMILES string of the molecule is NCC1(c2c(F)c(F)c(C(=O)O)c(F)c2F)CC1. The van der Waals surface area contributed by atoms with Crippen molar-refractivity contribution in [3.05, 3.63) is 34.4 Å². The number of benzene rings is 1. The van der Waals surface area contributed by atoms with E-state index in [4.69, 9.17) is 10.8 Å². The summed E-state index contributed by atoms with van der Waals surface area (Å²) in [4.78, 5) is 10.6. The van der Waals surface area contributed by atoms with E-state index < -0.39 is 45.8 Å². The third-order valence-corrected chi connectivity index (χ3v) is 3.25. The van der Waals surface area contributed by atoms with Crippen molar-refractivity contribution in [1.29, 1.82) is 0 Å². The Morgan fingerprint density at radius 3 is 1.83 bits per heavy atom. The number of carboxylic acids is 1. The van der Waals surface area contributed by atoms with E-state index >= 15 is 0 Å². The highest BCUT2D eigenvalue weighted by atomic mass is 19.2. The van der Waals surface area contributed by atoms with Crippen molar-refractivity contribution in [3.63, 3.8) is 0 Å². The molecule has 1 aliphatic rings. The van der Waals surface area contributed by atoms with Gasteiger partial charge in [0.05, 0.1) is 0 Å². The quantitative estimate of drug-likeness (QED) is 0.647. The van der Waals surface area contributed by atoms with E-state index in [9.17, 15) is 22.4 Å². The summed E-state index contributed by atoms with van der Waals surface area (Å²) in [6, 6.07) is 0. The Morgan fingerprint density at radius 1 is 1.11 bits per heavy atom. The van der Waals surface area contributed by atoms with Crippen LogP contribution in [-0.2, 0) is 5.41 Å². The van der Waals surface area contributed by atoms with E-state index in [1.165, 1.54) is 0 Å². The number of nitrogens with two attached hydrogens (primary N) is 1. The molecular weight excluding hydrogens is 254 g/mol. The Balaban J connectivity index is 2.75. The molecule has 1 saturated carbocycles. The van der Waals surface area contributed by atoms with Gasteiger partial charge in [-0.15, -0.1) is 0 Å². The van der Waals surface area contributed by atoms with Gasteiger partial charge in [0.25, 0.3) is 0 Å². The first-order valence-corrected chi connectivity index (χ1v) is 5.15. The van der Waals surface area contributed by atoms with Gasteiger partial charge < -0.3 is 10.8 Å². The standard InChI is InChI=1S/C11H9F4NO2/c12-6-4(10(17)18)7(13)9(15)5(8(6)14)11(3-16)1-2-11/h1-3,16H2,(H,17,18). The van der Waals surface area contributed by atoms with Gasteiger partial charge in [-0.05, 0) is 12.8 Å². The molecule has 1 aliphatic carbocycles. The molecule has 0 heterocycles. The van der Waals surface area contributed by atoms with Crippen LogP contribution in [0.15, 0.2) is 0 Å². The zero-order chi connectivity index (χ0) is 13.7. The summed E-state index contributed by atoms with van der Waals surface area (Å²) < 4.78 is 54.3. The van der Waals surface area contributed by atoms with Crippen LogP contribution in [0.2, 0.25) is 0 Å². The van der Waals surface area contributed by atoms with Gasteiger partial charge in [-0.1, -0.05) is 0 Å². The van der Waals surface area contributed by atoms with E-state index in [0.717, 1.165) is 0 Å². The van der Waals surface area contributed by atoms with Crippen LogP contribution in [0.5, 0.6) is 0 Å². The van der Waals surface area contributed by atoms with Crippen molar-refractivity contribution in [2.24, 2.45) is 5.73 Å². The van der Waals surface area contributed by atoms with Crippen LogP contribution >= 0.6 is 0 Å². The maximum atomic E-state index is 13.7. The lowest BCUT2D eigenvalue weighted by Crippen LogP contribution is -2.25.